The smallest absolute Gasteiger partial charge is 0.726 e. The number of methoxy groups -OCH3 is 1. The molecule has 20 nitrogen and oxygen atoms in total. The van der Waals surface area contributed by atoms with E-state index in [0.29, 0.717) is 19.3 Å². The minimum atomic E-state index is -5.33. The summed E-state index contributed by atoms with van der Waals surface area (Å²) in [5.74, 6) is -0.866. The average molecular weight is 786 g/mol. The van der Waals surface area contributed by atoms with E-state index in [-0.39, 0.29) is 42.1 Å². The SMILES string of the molecule is COC(=O)CCCCCCCCO[C@@H]1O[C@H](CO)[C@@H](O[C@@H]2O[C@H](CO)C[C@H](OS(=O)(=O)[O-])[C@H]2O)[C@H](O[C@@H]2O[C@@H](C)[C@@H](O)[C@@H](O)[C@@H]2O)[C@H]1NC(C)=O.[Na+]. The van der Waals surface area contributed by atoms with Gasteiger partial charge in [-0.2, -0.15) is 0 Å². The van der Waals surface area contributed by atoms with Crippen molar-refractivity contribution in [2.24, 2.45) is 0 Å². The second-order valence-electron chi connectivity index (χ2n) is 12.7. The van der Waals surface area contributed by atoms with E-state index in [2.05, 4.69) is 14.2 Å². The van der Waals surface area contributed by atoms with Crippen LogP contribution in [-0.4, -0.2) is 168 Å². The third kappa shape index (κ3) is 14.1. The maximum Gasteiger partial charge on any atom is 1.00 e. The number of aliphatic hydroxyl groups excluding tert-OH is 6. The molecule has 52 heavy (non-hydrogen) atoms. The molecule has 0 saturated carbocycles. The van der Waals surface area contributed by atoms with Crippen LogP contribution in [0, 0.1) is 0 Å². The van der Waals surface area contributed by atoms with Crippen molar-refractivity contribution >= 4 is 22.3 Å². The van der Waals surface area contributed by atoms with Gasteiger partial charge >= 0.3 is 35.5 Å². The molecule has 3 aliphatic heterocycles. The molecule has 7 N–H and O–H groups in total. The Kier molecular flexibility index (Phi) is 20.8. The van der Waals surface area contributed by atoms with Crippen LogP contribution in [0.15, 0.2) is 0 Å². The van der Waals surface area contributed by atoms with E-state index >= 15 is 0 Å². The van der Waals surface area contributed by atoms with Crippen molar-refractivity contribution in [3.05, 3.63) is 0 Å². The maximum atomic E-state index is 12.5. The van der Waals surface area contributed by atoms with E-state index in [1.165, 1.54) is 21.0 Å². The third-order valence-electron chi connectivity index (χ3n) is 8.80. The summed E-state index contributed by atoms with van der Waals surface area (Å²) in [5.41, 5.74) is 0. The second kappa shape index (κ2) is 22.8. The zero-order chi connectivity index (χ0) is 37.9. The van der Waals surface area contributed by atoms with Crippen LogP contribution in [0.1, 0.15) is 65.2 Å². The Labute approximate surface area is 324 Å². The summed E-state index contributed by atoms with van der Waals surface area (Å²) in [4.78, 5) is 23.8. The van der Waals surface area contributed by atoms with Crippen LogP contribution in [0.5, 0.6) is 0 Å². The summed E-state index contributed by atoms with van der Waals surface area (Å²) in [6.45, 7) is 1.23. The predicted molar refractivity (Wildman–Crippen MR) is 167 cm³/mol. The second-order valence-corrected chi connectivity index (χ2v) is 13.7. The molecule has 3 heterocycles. The van der Waals surface area contributed by atoms with Gasteiger partial charge in [-0.15, -0.1) is 0 Å². The molecule has 0 bridgehead atoms. The van der Waals surface area contributed by atoms with Gasteiger partial charge in [0.1, 0.15) is 54.9 Å². The van der Waals surface area contributed by atoms with Crippen molar-refractivity contribution in [3.8, 4) is 0 Å². The number of ether oxygens (including phenoxy) is 7. The molecule has 1 amide bonds. The summed E-state index contributed by atoms with van der Waals surface area (Å²) in [5, 5.41) is 65.2. The molecule has 0 aromatic rings. The van der Waals surface area contributed by atoms with Crippen molar-refractivity contribution in [3.63, 3.8) is 0 Å². The van der Waals surface area contributed by atoms with Crippen molar-refractivity contribution in [1.82, 2.24) is 5.32 Å². The number of carbonyl (C=O) groups excluding carboxylic acids is 2. The van der Waals surface area contributed by atoms with Crippen LogP contribution in [0.25, 0.3) is 0 Å². The standard InChI is InChI=1S/C30H53NO19S.Na/c1-15-22(36)24(38)25(39)30(45-15)49-27-21(31-16(2)34)28(44-11-9-7-5-4-6-8-10-20(35)43-3)47-19(14-33)26(27)48-29-23(37)18(50-51(40,41)42)12-17(13-32)46-29;/h15,17-19,21-30,32-33,36-39H,4-14H2,1-3H3,(H,31,34)(H,40,41,42);/q;+1/p-1/t15-,17-,18-,19+,21+,22+,23+,24+,25-,26+,27+,28+,29-,30-;/m0./s1. The number of hydrogen-bond acceptors (Lipinski definition) is 19. The fraction of sp³-hybridized carbons (Fsp3) is 0.933. The molecule has 0 unspecified atom stereocenters. The van der Waals surface area contributed by atoms with Crippen LogP contribution >= 0.6 is 0 Å². The minimum absolute atomic E-state index is 0. The summed E-state index contributed by atoms with van der Waals surface area (Å²) < 4.78 is 78.5. The molecular weight excluding hydrogens is 733 g/mol. The van der Waals surface area contributed by atoms with E-state index in [9.17, 15) is 53.2 Å². The molecule has 0 aliphatic carbocycles. The van der Waals surface area contributed by atoms with Gasteiger partial charge in [0.05, 0.1) is 32.5 Å². The summed E-state index contributed by atoms with van der Waals surface area (Å²) in [7, 11) is -3.99. The number of aliphatic hydroxyl groups is 6. The number of amides is 1. The Bertz CT molecular complexity index is 1190. The van der Waals surface area contributed by atoms with Crippen LogP contribution in [0.4, 0.5) is 0 Å². The normalized spacial score (nSPS) is 36.8. The van der Waals surface area contributed by atoms with Crippen LogP contribution in [-0.2, 0) is 57.3 Å². The van der Waals surface area contributed by atoms with Gasteiger partial charge in [-0.1, -0.05) is 25.7 Å². The third-order valence-corrected chi connectivity index (χ3v) is 9.28. The average Bonchev–Trinajstić information content (AvgIpc) is 3.07. The molecule has 298 valence electrons. The predicted octanol–water partition coefficient (Wildman–Crippen LogP) is -5.96. The Hall–Kier alpha value is -0.670. The number of carbonyl (C=O) groups is 2. The minimum Gasteiger partial charge on any atom is -0.726 e. The first-order valence-corrected chi connectivity index (χ1v) is 18.2. The quantitative estimate of drug-likeness (QED) is 0.0211. The van der Waals surface area contributed by atoms with Crippen molar-refractivity contribution in [1.29, 1.82) is 0 Å². The Morgan fingerprint density at radius 1 is 0.827 bits per heavy atom. The number of nitrogens with one attached hydrogen (secondary N) is 1. The molecule has 0 radical (unpaired) electrons. The Balaban J connectivity index is 0.00000936. The summed E-state index contributed by atoms with van der Waals surface area (Å²) in [6.07, 6.45) is -15.7. The molecule has 0 aromatic heterocycles. The Morgan fingerprint density at radius 3 is 2.04 bits per heavy atom. The Morgan fingerprint density at radius 2 is 1.44 bits per heavy atom. The number of esters is 1. The van der Waals surface area contributed by atoms with Crippen LogP contribution < -0.4 is 34.9 Å². The fourth-order valence-corrected chi connectivity index (χ4v) is 6.60. The van der Waals surface area contributed by atoms with Crippen molar-refractivity contribution < 1.29 is 120 Å². The van der Waals surface area contributed by atoms with Gasteiger partial charge < -0.3 is 73.7 Å². The largest absolute Gasteiger partial charge is 1.00 e. The molecular formula is C30H52NNaO19S. The maximum absolute atomic E-state index is 12.5. The first-order chi connectivity index (χ1) is 24.1. The molecule has 14 atom stereocenters. The molecule has 0 spiro atoms. The van der Waals surface area contributed by atoms with Gasteiger partial charge in [-0.05, 0) is 19.8 Å². The zero-order valence-electron chi connectivity index (χ0n) is 29.8. The number of rotatable bonds is 19. The van der Waals surface area contributed by atoms with Gasteiger partial charge in [0.2, 0.25) is 16.3 Å². The van der Waals surface area contributed by atoms with Crippen molar-refractivity contribution in [2.45, 2.75) is 151 Å². The van der Waals surface area contributed by atoms with Gasteiger partial charge in [0.15, 0.2) is 18.9 Å². The van der Waals surface area contributed by atoms with E-state index in [1.54, 1.807) is 0 Å². The van der Waals surface area contributed by atoms with Crippen molar-refractivity contribution in [2.75, 3.05) is 26.9 Å². The topological polar surface area (TPSA) is 299 Å². The monoisotopic (exact) mass is 785 g/mol. The van der Waals surface area contributed by atoms with E-state index < -0.39 is 122 Å². The first kappa shape index (κ1) is 47.5. The summed E-state index contributed by atoms with van der Waals surface area (Å²) in [6, 6.07) is -1.29. The zero-order valence-corrected chi connectivity index (χ0v) is 32.6. The van der Waals surface area contributed by atoms with Gasteiger partial charge in [0.25, 0.3) is 0 Å². The first-order valence-electron chi connectivity index (χ1n) is 16.9. The molecule has 3 aliphatic rings. The molecule has 3 fully saturated rings. The molecule has 3 saturated heterocycles. The molecule has 0 aromatic carbocycles. The van der Waals surface area contributed by atoms with E-state index in [4.69, 9.17) is 28.4 Å². The number of unbranched alkanes of at least 4 members (excludes halogenated alkanes) is 5. The van der Waals surface area contributed by atoms with E-state index in [0.717, 1.165) is 25.7 Å². The van der Waals surface area contributed by atoms with Gasteiger partial charge in [0, 0.05) is 26.4 Å². The van der Waals surface area contributed by atoms with Gasteiger partial charge in [-0.3, -0.25) is 13.8 Å². The number of hydrogen-bond donors (Lipinski definition) is 7. The van der Waals surface area contributed by atoms with Gasteiger partial charge in [-0.25, -0.2) is 8.42 Å². The van der Waals surface area contributed by atoms with E-state index in [1.807, 2.05) is 0 Å². The molecule has 3 rings (SSSR count). The molecule has 22 heteroatoms. The summed E-state index contributed by atoms with van der Waals surface area (Å²) >= 11 is 0. The van der Waals surface area contributed by atoms with Crippen LogP contribution in [0.3, 0.4) is 0 Å². The fourth-order valence-electron chi connectivity index (χ4n) is 6.10. The van der Waals surface area contributed by atoms with Crippen LogP contribution in [0.2, 0.25) is 0 Å².